The Labute approximate surface area is 92.9 Å². The van der Waals surface area contributed by atoms with Crippen LogP contribution in [0.3, 0.4) is 0 Å². The third-order valence-electron chi connectivity index (χ3n) is 2.57. The van der Waals surface area contributed by atoms with Gasteiger partial charge >= 0.3 is 0 Å². The molecule has 1 aliphatic heterocycles. The van der Waals surface area contributed by atoms with E-state index in [0.717, 1.165) is 6.29 Å². The summed E-state index contributed by atoms with van der Waals surface area (Å²) in [6.45, 7) is 0. The lowest BCUT2D eigenvalue weighted by Gasteiger charge is -2.24. The van der Waals surface area contributed by atoms with Crippen molar-refractivity contribution in [3.8, 4) is 0 Å². The van der Waals surface area contributed by atoms with Crippen LogP contribution in [0.4, 0.5) is 5.69 Å². The molecule has 0 N–H and O–H groups in total. The van der Waals surface area contributed by atoms with Gasteiger partial charge in [0.2, 0.25) is 11.8 Å². The summed E-state index contributed by atoms with van der Waals surface area (Å²) in [6.07, 6.45) is 2.16. The van der Waals surface area contributed by atoms with Crippen LogP contribution >= 0.6 is 0 Å². The highest BCUT2D eigenvalue weighted by molar-refractivity contribution is 6.16. The first-order chi connectivity index (χ1) is 7.72. The molecule has 0 saturated carbocycles. The number of amides is 2. The molecule has 1 aromatic carbocycles. The van der Waals surface area contributed by atoms with Gasteiger partial charge in [-0.05, 0) is 30.7 Å². The Bertz CT molecular complexity index is 420. The molecule has 4 nitrogen and oxygen atoms in total. The van der Waals surface area contributed by atoms with Gasteiger partial charge in [0.05, 0.1) is 5.69 Å². The minimum atomic E-state index is -0.171. The van der Waals surface area contributed by atoms with Crippen molar-refractivity contribution in [3.63, 3.8) is 0 Å². The van der Waals surface area contributed by atoms with Crippen LogP contribution in [0.25, 0.3) is 0 Å². The van der Waals surface area contributed by atoms with Crippen LogP contribution in [0.1, 0.15) is 29.6 Å². The molecular weight excluding hydrogens is 206 g/mol. The fourth-order valence-corrected chi connectivity index (χ4v) is 1.74. The standard InChI is InChI=1S/C12H11NO3/c14-8-9-4-6-10(7-5-9)13-11(15)2-1-3-12(13)16/h4-8H,1-3H2. The average molecular weight is 217 g/mol. The van der Waals surface area contributed by atoms with Crippen LogP contribution in [0.15, 0.2) is 24.3 Å². The zero-order valence-corrected chi connectivity index (χ0v) is 8.68. The zero-order chi connectivity index (χ0) is 11.5. The Kier molecular flexibility index (Phi) is 2.81. The fourth-order valence-electron chi connectivity index (χ4n) is 1.74. The van der Waals surface area contributed by atoms with E-state index in [1.165, 1.54) is 4.90 Å². The second-order valence-electron chi connectivity index (χ2n) is 3.69. The lowest BCUT2D eigenvalue weighted by Crippen LogP contribution is -2.40. The van der Waals surface area contributed by atoms with Crippen molar-refractivity contribution in [1.29, 1.82) is 0 Å². The first-order valence-corrected chi connectivity index (χ1v) is 5.13. The Morgan fingerprint density at radius 2 is 1.56 bits per heavy atom. The van der Waals surface area contributed by atoms with Crippen LogP contribution in [-0.2, 0) is 9.59 Å². The van der Waals surface area contributed by atoms with Crippen molar-refractivity contribution < 1.29 is 14.4 Å². The van der Waals surface area contributed by atoms with Crippen LogP contribution in [-0.4, -0.2) is 18.1 Å². The molecule has 1 fully saturated rings. The molecule has 1 heterocycles. The highest BCUT2D eigenvalue weighted by Crippen LogP contribution is 2.21. The molecule has 4 heteroatoms. The number of carbonyl (C=O) groups is 3. The van der Waals surface area contributed by atoms with E-state index < -0.39 is 0 Å². The first-order valence-electron chi connectivity index (χ1n) is 5.13. The van der Waals surface area contributed by atoms with E-state index >= 15 is 0 Å². The lowest BCUT2D eigenvalue weighted by atomic mass is 10.1. The van der Waals surface area contributed by atoms with Crippen LogP contribution in [0, 0.1) is 0 Å². The third kappa shape index (κ3) is 1.86. The minimum absolute atomic E-state index is 0.171. The number of imide groups is 1. The number of piperidine rings is 1. The topological polar surface area (TPSA) is 54.5 Å². The second-order valence-corrected chi connectivity index (χ2v) is 3.69. The van der Waals surface area contributed by atoms with Gasteiger partial charge in [0, 0.05) is 18.4 Å². The van der Waals surface area contributed by atoms with Gasteiger partial charge in [-0.1, -0.05) is 0 Å². The monoisotopic (exact) mass is 217 g/mol. The Hall–Kier alpha value is -1.97. The molecule has 0 aromatic heterocycles. The number of rotatable bonds is 2. The molecule has 1 aliphatic rings. The van der Waals surface area contributed by atoms with Gasteiger partial charge in [0.15, 0.2) is 0 Å². The SMILES string of the molecule is O=Cc1ccc(N2C(=O)CCCC2=O)cc1. The summed E-state index contributed by atoms with van der Waals surface area (Å²) in [5, 5.41) is 0. The summed E-state index contributed by atoms with van der Waals surface area (Å²) in [7, 11) is 0. The van der Waals surface area contributed by atoms with Crippen molar-refractivity contribution in [2.24, 2.45) is 0 Å². The maximum absolute atomic E-state index is 11.6. The van der Waals surface area contributed by atoms with E-state index in [0.29, 0.717) is 30.5 Å². The number of anilines is 1. The molecule has 0 bridgehead atoms. The van der Waals surface area contributed by atoms with Gasteiger partial charge in [-0.25, -0.2) is 0 Å². The van der Waals surface area contributed by atoms with Crippen molar-refractivity contribution in [1.82, 2.24) is 0 Å². The highest BCUT2D eigenvalue weighted by Gasteiger charge is 2.26. The van der Waals surface area contributed by atoms with E-state index in [1.54, 1.807) is 24.3 Å². The molecule has 1 saturated heterocycles. The number of carbonyl (C=O) groups excluding carboxylic acids is 3. The lowest BCUT2D eigenvalue weighted by molar-refractivity contribution is -0.129. The van der Waals surface area contributed by atoms with Crippen LogP contribution in [0.2, 0.25) is 0 Å². The molecule has 1 aromatic rings. The molecule has 16 heavy (non-hydrogen) atoms. The van der Waals surface area contributed by atoms with E-state index in [-0.39, 0.29) is 11.8 Å². The second kappa shape index (κ2) is 4.26. The quantitative estimate of drug-likeness (QED) is 0.557. The maximum Gasteiger partial charge on any atom is 0.233 e. The van der Waals surface area contributed by atoms with E-state index in [2.05, 4.69) is 0 Å². The number of aldehydes is 1. The van der Waals surface area contributed by atoms with E-state index in [1.807, 2.05) is 0 Å². The van der Waals surface area contributed by atoms with Gasteiger partial charge in [0.25, 0.3) is 0 Å². The van der Waals surface area contributed by atoms with Gasteiger partial charge in [0.1, 0.15) is 6.29 Å². The molecule has 0 aliphatic carbocycles. The Morgan fingerprint density at radius 1 is 1.00 bits per heavy atom. The van der Waals surface area contributed by atoms with Crippen molar-refractivity contribution >= 4 is 23.8 Å². The van der Waals surface area contributed by atoms with E-state index in [9.17, 15) is 14.4 Å². The number of hydrogen-bond acceptors (Lipinski definition) is 3. The third-order valence-corrected chi connectivity index (χ3v) is 2.57. The largest absolute Gasteiger partial charge is 0.298 e. The normalized spacial score (nSPS) is 16.4. The summed E-state index contributed by atoms with van der Waals surface area (Å²) in [4.78, 5) is 34.9. The van der Waals surface area contributed by atoms with Gasteiger partial charge in [-0.2, -0.15) is 0 Å². The summed E-state index contributed by atoms with van der Waals surface area (Å²) < 4.78 is 0. The molecule has 0 atom stereocenters. The highest BCUT2D eigenvalue weighted by atomic mass is 16.2. The van der Waals surface area contributed by atoms with Crippen molar-refractivity contribution in [2.45, 2.75) is 19.3 Å². The fraction of sp³-hybridized carbons (Fsp3) is 0.250. The van der Waals surface area contributed by atoms with Gasteiger partial charge in [-0.3, -0.25) is 19.3 Å². The Balaban J connectivity index is 2.30. The van der Waals surface area contributed by atoms with E-state index in [4.69, 9.17) is 0 Å². The average Bonchev–Trinajstić information content (AvgIpc) is 2.30. The van der Waals surface area contributed by atoms with Crippen LogP contribution in [0.5, 0.6) is 0 Å². The number of hydrogen-bond donors (Lipinski definition) is 0. The molecule has 0 unspecified atom stereocenters. The van der Waals surface area contributed by atoms with Crippen LogP contribution < -0.4 is 4.90 Å². The smallest absolute Gasteiger partial charge is 0.233 e. The summed E-state index contributed by atoms with van der Waals surface area (Å²) in [5.41, 5.74) is 1.07. The zero-order valence-electron chi connectivity index (χ0n) is 8.68. The molecule has 2 amide bonds. The molecule has 0 spiro atoms. The predicted octanol–water partition coefficient (Wildman–Crippen LogP) is 1.54. The minimum Gasteiger partial charge on any atom is -0.298 e. The van der Waals surface area contributed by atoms with Gasteiger partial charge < -0.3 is 0 Å². The van der Waals surface area contributed by atoms with Crippen molar-refractivity contribution in [2.75, 3.05) is 4.90 Å². The summed E-state index contributed by atoms with van der Waals surface area (Å²) >= 11 is 0. The molecule has 2 rings (SSSR count). The first kappa shape index (κ1) is 10.5. The maximum atomic E-state index is 11.6. The predicted molar refractivity (Wildman–Crippen MR) is 58.2 cm³/mol. The summed E-state index contributed by atoms with van der Waals surface area (Å²) in [5.74, 6) is -0.342. The summed E-state index contributed by atoms with van der Waals surface area (Å²) in [6, 6.07) is 6.42. The van der Waals surface area contributed by atoms with Gasteiger partial charge in [-0.15, -0.1) is 0 Å². The molecule has 82 valence electrons. The molecular formula is C12H11NO3. The number of benzene rings is 1. The van der Waals surface area contributed by atoms with Crippen molar-refractivity contribution in [3.05, 3.63) is 29.8 Å². The number of nitrogens with zero attached hydrogens (tertiary/aromatic N) is 1. The molecule has 0 radical (unpaired) electrons. The Morgan fingerprint density at radius 3 is 2.06 bits per heavy atom.